The van der Waals surface area contributed by atoms with E-state index in [1.54, 1.807) is 11.1 Å². The van der Waals surface area contributed by atoms with E-state index in [1.807, 2.05) is 0 Å². The monoisotopic (exact) mass is 285 g/mol. The largest absolute Gasteiger partial charge is 0.316 e. The van der Waals surface area contributed by atoms with Crippen LogP contribution in [0.25, 0.3) is 0 Å². The SMILES string of the molecule is CNC(CC1Cc2ccccc21)C1(CC(C)C)CCCC1. The molecule has 1 nitrogen and oxygen atoms in total. The molecule has 1 fully saturated rings. The Kier molecular flexibility index (Phi) is 4.40. The van der Waals surface area contributed by atoms with E-state index in [9.17, 15) is 0 Å². The first-order chi connectivity index (χ1) is 10.1. The zero-order valence-electron chi connectivity index (χ0n) is 14.0. The fraction of sp³-hybridized carbons (Fsp3) is 0.700. The van der Waals surface area contributed by atoms with Crippen LogP contribution in [-0.2, 0) is 6.42 Å². The van der Waals surface area contributed by atoms with E-state index in [-0.39, 0.29) is 0 Å². The average Bonchev–Trinajstić information content (AvgIpc) is 2.88. The average molecular weight is 285 g/mol. The molecular formula is C20H31N. The Labute approximate surface area is 130 Å². The molecule has 0 aliphatic heterocycles. The van der Waals surface area contributed by atoms with Crippen molar-refractivity contribution in [2.24, 2.45) is 11.3 Å². The lowest BCUT2D eigenvalue weighted by Gasteiger charge is -2.43. The van der Waals surface area contributed by atoms with Crippen molar-refractivity contribution >= 4 is 0 Å². The van der Waals surface area contributed by atoms with Gasteiger partial charge in [0.2, 0.25) is 0 Å². The van der Waals surface area contributed by atoms with Gasteiger partial charge >= 0.3 is 0 Å². The van der Waals surface area contributed by atoms with Crippen LogP contribution in [0.2, 0.25) is 0 Å². The van der Waals surface area contributed by atoms with Gasteiger partial charge in [0.05, 0.1) is 0 Å². The predicted octanol–water partition coefficient (Wildman–Crippen LogP) is 4.91. The van der Waals surface area contributed by atoms with Gasteiger partial charge in [0.15, 0.2) is 0 Å². The van der Waals surface area contributed by atoms with Crippen molar-refractivity contribution in [3.8, 4) is 0 Å². The van der Waals surface area contributed by atoms with Gasteiger partial charge in [-0.25, -0.2) is 0 Å². The lowest BCUT2D eigenvalue weighted by Crippen LogP contribution is -2.45. The van der Waals surface area contributed by atoms with Gasteiger partial charge in [-0.3, -0.25) is 0 Å². The van der Waals surface area contributed by atoms with Crippen molar-refractivity contribution < 1.29 is 0 Å². The lowest BCUT2D eigenvalue weighted by atomic mass is 9.66. The van der Waals surface area contributed by atoms with Crippen molar-refractivity contribution in [2.75, 3.05) is 7.05 Å². The minimum Gasteiger partial charge on any atom is -0.316 e. The Balaban J connectivity index is 1.73. The van der Waals surface area contributed by atoms with Crippen molar-refractivity contribution in [2.45, 2.75) is 70.8 Å². The van der Waals surface area contributed by atoms with Crippen LogP contribution in [0.4, 0.5) is 0 Å². The molecule has 2 aliphatic rings. The maximum absolute atomic E-state index is 3.72. The van der Waals surface area contributed by atoms with Gasteiger partial charge in [0, 0.05) is 6.04 Å². The Morgan fingerprint density at radius 1 is 1.19 bits per heavy atom. The second-order valence-electron chi connectivity index (χ2n) is 7.84. The summed E-state index contributed by atoms with van der Waals surface area (Å²) < 4.78 is 0. The molecule has 3 rings (SSSR count). The maximum atomic E-state index is 3.72. The van der Waals surface area contributed by atoms with Gasteiger partial charge in [0.25, 0.3) is 0 Å². The highest BCUT2D eigenvalue weighted by Gasteiger charge is 2.42. The van der Waals surface area contributed by atoms with Gasteiger partial charge in [-0.15, -0.1) is 0 Å². The molecule has 21 heavy (non-hydrogen) atoms. The molecule has 0 spiro atoms. The zero-order valence-corrected chi connectivity index (χ0v) is 14.0. The van der Waals surface area contributed by atoms with Crippen LogP contribution in [0.1, 0.15) is 69.4 Å². The standard InChI is InChI=1S/C20H31N/c1-15(2)14-20(10-6-7-11-20)19(21-3)13-17-12-16-8-4-5-9-18(16)17/h4-5,8-9,15,17,19,21H,6-7,10-14H2,1-3H3. The molecule has 2 atom stereocenters. The molecule has 1 aromatic carbocycles. The second kappa shape index (κ2) is 6.12. The molecule has 1 heteroatoms. The number of hydrogen-bond acceptors (Lipinski definition) is 1. The van der Waals surface area contributed by atoms with Crippen molar-refractivity contribution in [1.29, 1.82) is 0 Å². The minimum atomic E-state index is 0.563. The normalized spacial score (nSPS) is 24.7. The fourth-order valence-electron chi connectivity index (χ4n) is 5.12. The third kappa shape index (κ3) is 2.90. The molecule has 0 saturated heterocycles. The highest BCUT2D eigenvalue weighted by molar-refractivity contribution is 5.40. The molecule has 0 heterocycles. The zero-order chi connectivity index (χ0) is 14.9. The van der Waals surface area contributed by atoms with Crippen LogP contribution in [0, 0.1) is 11.3 Å². The van der Waals surface area contributed by atoms with E-state index < -0.39 is 0 Å². The summed E-state index contributed by atoms with van der Waals surface area (Å²) >= 11 is 0. The van der Waals surface area contributed by atoms with Gasteiger partial charge < -0.3 is 5.32 Å². The first-order valence-electron chi connectivity index (χ1n) is 8.90. The first kappa shape index (κ1) is 15.1. The van der Waals surface area contributed by atoms with Gasteiger partial charge in [-0.2, -0.15) is 0 Å². The van der Waals surface area contributed by atoms with Gasteiger partial charge in [0.1, 0.15) is 0 Å². The molecule has 0 aromatic heterocycles. The van der Waals surface area contributed by atoms with E-state index in [1.165, 1.54) is 44.9 Å². The molecule has 0 bridgehead atoms. The fourth-order valence-corrected chi connectivity index (χ4v) is 5.12. The number of fused-ring (bicyclic) bond motifs is 1. The molecule has 0 radical (unpaired) electrons. The van der Waals surface area contributed by atoms with Gasteiger partial charge in [-0.05, 0) is 67.5 Å². The molecule has 0 amide bonds. The van der Waals surface area contributed by atoms with Crippen molar-refractivity contribution in [3.63, 3.8) is 0 Å². The molecule has 1 aromatic rings. The Morgan fingerprint density at radius 3 is 2.52 bits per heavy atom. The summed E-state index contributed by atoms with van der Waals surface area (Å²) in [7, 11) is 2.19. The van der Waals surface area contributed by atoms with Crippen LogP contribution < -0.4 is 5.32 Å². The molecule has 2 aliphatic carbocycles. The van der Waals surface area contributed by atoms with Crippen molar-refractivity contribution in [1.82, 2.24) is 5.32 Å². The summed E-state index contributed by atoms with van der Waals surface area (Å²) in [6.45, 7) is 4.79. The smallest absolute Gasteiger partial charge is 0.0126 e. The molecule has 116 valence electrons. The lowest BCUT2D eigenvalue weighted by molar-refractivity contribution is 0.145. The first-order valence-corrected chi connectivity index (χ1v) is 8.90. The van der Waals surface area contributed by atoms with E-state index in [0.717, 1.165) is 11.8 Å². The molecule has 1 saturated carbocycles. The Hall–Kier alpha value is -0.820. The number of benzene rings is 1. The molecule has 1 N–H and O–H groups in total. The van der Waals surface area contributed by atoms with Gasteiger partial charge in [-0.1, -0.05) is 51.0 Å². The molecule has 2 unspecified atom stereocenters. The Morgan fingerprint density at radius 2 is 1.90 bits per heavy atom. The summed E-state index contributed by atoms with van der Waals surface area (Å²) in [5.74, 6) is 1.61. The third-order valence-electron chi connectivity index (χ3n) is 5.98. The summed E-state index contributed by atoms with van der Waals surface area (Å²) in [6, 6.07) is 9.74. The van der Waals surface area contributed by atoms with E-state index >= 15 is 0 Å². The maximum Gasteiger partial charge on any atom is 0.0126 e. The van der Waals surface area contributed by atoms with E-state index in [4.69, 9.17) is 0 Å². The topological polar surface area (TPSA) is 12.0 Å². The highest BCUT2D eigenvalue weighted by atomic mass is 14.9. The van der Waals surface area contributed by atoms with E-state index in [0.29, 0.717) is 11.5 Å². The quantitative estimate of drug-likeness (QED) is 0.783. The summed E-state index contributed by atoms with van der Waals surface area (Å²) in [4.78, 5) is 0. The summed E-state index contributed by atoms with van der Waals surface area (Å²) in [5, 5.41) is 3.72. The van der Waals surface area contributed by atoms with Crippen LogP contribution in [0.3, 0.4) is 0 Å². The minimum absolute atomic E-state index is 0.563. The predicted molar refractivity (Wildman–Crippen MR) is 90.7 cm³/mol. The number of rotatable bonds is 6. The Bertz CT molecular complexity index is 470. The van der Waals surface area contributed by atoms with Crippen LogP contribution in [0.15, 0.2) is 24.3 Å². The highest BCUT2D eigenvalue weighted by Crippen LogP contribution is 2.49. The van der Waals surface area contributed by atoms with Crippen LogP contribution in [-0.4, -0.2) is 13.1 Å². The summed E-state index contributed by atoms with van der Waals surface area (Å²) in [6.07, 6.45) is 9.77. The third-order valence-corrected chi connectivity index (χ3v) is 5.98. The van der Waals surface area contributed by atoms with Crippen molar-refractivity contribution in [3.05, 3.63) is 35.4 Å². The van der Waals surface area contributed by atoms with Crippen LogP contribution in [0.5, 0.6) is 0 Å². The number of hydrogen-bond donors (Lipinski definition) is 1. The second-order valence-corrected chi connectivity index (χ2v) is 7.84. The summed E-state index contributed by atoms with van der Waals surface area (Å²) in [5.41, 5.74) is 3.77. The van der Waals surface area contributed by atoms with E-state index in [2.05, 4.69) is 50.5 Å². The molecular weight excluding hydrogens is 254 g/mol. The number of nitrogens with one attached hydrogen (secondary N) is 1. The van der Waals surface area contributed by atoms with Crippen LogP contribution >= 0.6 is 0 Å².